The van der Waals surface area contributed by atoms with Gasteiger partial charge in [-0.05, 0) is 22.0 Å². The molecule has 0 aromatic carbocycles. The lowest BCUT2D eigenvalue weighted by Gasteiger charge is -1.93. The van der Waals surface area contributed by atoms with Crippen molar-refractivity contribution >= 4 is 28.3 Å². The lowest BCUT2D eigenvalue weighted by Crippen LogP contribution is -2.21. The Bertz CT molecular complexity index is 329. The topological polar surface area (TPSA) is 88.5 Å². The minimum absolute atomic E-state index is 0.0556. The number of rotatable bonds is 3. The number of aromatic nitrogens is 1. The van der Waals surface area contributed by atoms with Crippen LogP contribution in [-0.4, -0.2) is 36.1 Å². The van der Waals surface area contributed by atoms with Crippen LogP contribution in [0, 0.1) is 0 Å². The molecule has 0 fully saturated rings. The molecule has 0 saturated carbocycles. The van der Waals surface area contributed by atoms with Crippen molar-refractivity contribution in [2.24, 2.45) is 0 Å². The number of pyridine rings is 1. The number of nitrogens with one attached hydrogen (secondary N) is 1. The highest BCUT2D eigenvalue weighted by Gasteiger charge is 1.93. The molecule has 1 amide bonds. The second-order valence-electron chi connectivity index (χ2n) is 2.44. The number of esters is 1. The first kappa shape index (κ1) is 14.4. The minimum Gasteiger partial charge on any atom is -0.506 e. The van der Waals surface area contributed by atoms with E-state index in [2.05, 4.69) is 31.0 Å². The summed E-state index contributed by atoms with van der Waals surface area (Å²) in [5.41, 5.74) is 0. The number of carbonyl (C=O) groups is 2. The van der Waals surface area contributed by atoms with Crippen molar-refractivity contribution in [2.75, 3.05) is 13.7 Å². The maximum absolute atomic E-state index is 10.1. The molecule has 0 spiro atoms. The van der Waals surface area contributed by atoms with Crippen LogP contribution in [0.3, 0.4) is 0 Å². The maximum Gasteiger partial charge on any atom is 0.325 e. The van der Waals surface area contributed by atoms with Gasteiger partial charge in [-0.15, -0.1) is 0 Å². The molecule has 1 aromatic heterocycles. The zero-order chi connectivity index (χ0) is 12.4. The van der Waals surface area contributed by atoms with Crippen LogP contribution in [0.5, 0.6) is 5.75 Å². The van der Waals surface area contributed by atoms with E-state index in [1.807, 2.05) is 0 Å². The van der Waals surface area contributed by atoms with Crippen LogP contribution in [0.2, 0.25) is 0 Å². The van der Waals surface area contributed by atoms with Crippen molar-refractivity contribution in [3.05, 3.63) is 22.9 Å². The van der Waals surface area contributed by atoms with Crippen LogP contribution in [0.4, 0.5) is 0 Å². The molecule has 0 atom stereocenters. The predicted molar refractivity (Wildman–Crippen MR) is 59.7 cm³/mol. The summed E-state index contributed by atoms with van der Waals surface area (Å²) < 4.78 is 4.98. The van der Waals surface area contributed by atoms with Crippen molar-refractivity contribution in [3.63, 3.8) is 0 Å². The molecule has 88 valence electrons. The standard InChI is InChI=1S/C5H4BrNO.C4H7NO3/c6-4-1-5(8)3-7-2-4;1-8-4(7)2-5-3-6/h1-3,8H;3H,2H2,1H3,(H,5,6). The molecule has 1 aromatic rings. The van der Waals surface area contributed by atoms with Gasteiger partial charge in [-0.3, -0.25) is 14.6 Å². The Morgan fingerprint density at radius 2 is 2.38 bits per heavy atom. The highest BCUT2D eigenvalue weighted by Crippen LogP contribution is 2.12. The van der Waals surface area contributed by atoms with Crippen LogP contribution in [0.25, 0.3) is 0 Å². The Morgan fingerprint density at radius 3 is 2.75 bits per heavy atom. The van der Waals surface area contributed by atoms with E-state index in [0.717, 1.165) is 4.47 Å². The van der Waals surface area contributed by atoms with E-state index in [-0.39, 0.29) is 12.3 Å². The summed E-state index contributed by atoms with van der Waals surface area (Å²) in [4.78, 5) is 23.3. The first-order valence-corrected chi connectivity index (χ1v) is 4.92. The fourth-order valence-corrected chi connectivity index (χ4v) is 0.951. The number of amides is 1. The van der Waals surface area contributed by atoms with Gasteiger partial charge < -0.3 is 15.2 Å². The van der Waals surface area contributed by atoms with Gasteiger partial charge in [-0.25, -0.2) is 0 Å². The molecular formula is C9H11BrN2O4. The van der Waals surface area contributed by atoms with E-state index >= 15 is 0 Å². The highest BCUT2D eigenvalue weighted by molar-refractivity contribution is 9.10. The van der Waals surface area contributed by atoms with Gasteiger partial charge in [0.1, 0.15) is 12.3 Å². The van der Waals surface area contributed by atoms with Gasteiger partial charge in [-0.2, -0.15) is 0 Å². The molecule has 7 heteroatoms. The zero-order valence-corrected chi connectivity index (χ0v) is 10.1. The van der Waals surface area contributed by atoms with Crippen molar-refractivity contribution < 1.29 is 19.4 Å². The molecule has 2 N–H and O–H groups in total. The molecular weight excluding hydrogens is 280 g/mol. The maximum atomic E-state index is 10.1. The fraction of sp³-hybridized carbons (Fsp3) is 0.222. The summed E-state index contributed by atoms with van der Waals surface area (Å²) in [6, 6.07) is 1.58. The average Bonchev–Trinajstić information content (AvgIpc) is 2.26. The van der Waals surface area contributed by atoms with E-state index in [0.29, 0.717) is 6.41 Å². The van der Waals surface area contributed by atoms with E-state index in [4.69, 9.17) is 5.11 Å². The van der Waals surface area contributed by atoms with Gasteiger partial charge in [0.15, 0.2) is 0 Å². The van der Waals surface area contributed by atoms with Crippen LogP contribution in [-0.2, 0) is 14.3 Å². The molecule has 0 aliphatic carbocycles. The van der Waals surface area contributed by atoms with Gasteiger partial charge in [0.05, 0.1) is 13.3 Å². The van der Waals surface area contributed by atoms with Crippen LogP contribution in [0.15, 0.2) is 22.9 Å². The predicted octanol–water partition coefficient (Wildman–Crippen LogP) is 0.455. The molecule has 0 unspecified atom stereocenters. The zero-order valence-electron chi connectivity index (χ0n) is 8.51. The number of hydrogen-bond donors (Lipinski definition) is 2. The third-order valence-corrected chi connectivity index (χ3v) is 1.68. The Morgan fingerprint density at radius 1 is 1.69 bits per heavy atom. The van der Waals surface area contributed by atoms with Crippen LogP contribution >= 0.6 is 15.9 Å². The molecule has 0 bridgehead atoms. The summed E-state index contributed by atoms with van der Waals surface area (Å²) in [7, 11) is 1.26. The second kappa shape index (κ2) is 8.66. The lowest BCUT2D eigenvalue weighted by molar-refractivity contribution is -0.140. The van der Waals surface area contributed by atoms with Gasteiger partial charge in [0.2, 0.25) is 6.41 Å². The molecule has 6 nitrogen and oxygen atoms in total. The molecule has 0 aliphatic heterocycles. The number of nitrogens with zero attached hydrogens (tertiary/aromatic N) is 1. The van der Waals surface area contributed by atoms with Crippen LogP contribution in [0.1, 0.15) is 0 Å². The third kappa shape index (κ3) is 7.74. The quantitative estimate of drug-likeness (QED) is 0.623. The Balaban J connectivity index is 0.000000281. The van der Waals surface area contributed by atoms with Crippen molar-refractivity contribution in [3.8, 4) is 5.75 Å². The summed E-state index contributed by atoms with van der Waals surface area (Å²) >= 11 is 3.14. The number of methoxy groups -OCH3 is 1. The fourth-order valence-electron chi connectivity index (χ4n) is 0.598. The normalized spacial score (nSPS) is 8.38. The average molecular weight is 291 g/mol. The third-order valence-electron chi connectivity index (χ3n) is 1.25. The molecule has 0 aliphatic rings. The lowest BCUT2D eigenvalue weighted by atomic mass is 10.5. The Hall–Kier alpha value is -1.63. The van der Waals surface area contributed by atoms with E-state index in [1.165, 1.54) is 13.3 Å². The van der Waals surface area contributed by atoms with Gasteiger partial charge in [0.25, 0.3) is 0 Å². The van der Waals surface area contributed by atoms with Crippen LogP contribution < -0.4 is 5.32 Å². The van der Waals surface area contributed by atoms with Gasteiger partial charge >= 0.3 is 5.97 Å². The summed E-state index contributed by atoms with van der Waals surface area (Å²) in [6.07, 6.45) is 3.43. The first-order chi connectivity index (χ1) is 7.60. The van der Waals surface area contributed by atoms with E-state index in [1.54, 1.807) is 12.3 Å². The molecule has 0 saturated heterocycles. The monoisotopic (exact) mass is 290 g/mol. The Labute approximate surface area is 101 Å². The molecule has 1 heterocycles. The number of aromatic hydroxyl groups is 1. The number of halogens is 1. The summed E-state index contributed by atoms with van der Waals surface area (Å²) in [6.45, 7) is -0.0556. The first-order valence-electron chi connectivity index (χ1n) is 4.13. The SMILES string of the molecule is COC(=O)CNC=O.Oc1cncc(Br)c1. The number of carbonyl (C=O) groups excluding carboxylic acids is 2. The van der Waals surface area contributed by atoms with Crippen molar-refractivity contribution in [1.29, 1.82) is 0 Å². The Kier molecular flexibility index (Phi) is 7.78. The molecule has 0 radical (unpaired) electrons. The number of ether oxygens (including phenoxy) is 1. The van der Waals surface area contributed by atoms with Gasteiger partial charge in [-0.1, -0.05) is 0 Å². The summed E-state index contributed by atoms with van der Waals surface area (Å²) in [5, 5.41) is 10.9. The van der Waals surface area contributed by atoms with Crippen molar-refractivity contribution in [1.82, 2.24) is 10.3 Å². The molecule has 16 heavy (non-hydrogen) atoms. The minimum atomic E-state index is -0.447. The number of hydrogen-bond acceptors (Lipinski definition) is 5. The second-order valence-corrected chi connectivity index (χ2v) is 3.35. The smallest absolute Gasteiger partial charge is 0.325 e. The van der Waals surface area contributed by atoms with Gasteiger partial charge in [0, 0.05) is 10.7 Å². The van der Waals surface area contributed by atoms with E-state index in [9.17, 15) is 9.59 Å². The summed E-state index contributed by atoms with van der Waals surface area (Å²) in [5.74, 6) is -0.267. The highest BCUT2D eigenvalue weighted by atomic mass is 79.9. The largest absolute Gasteiger partial charge is 0.506 e. The molecule has 1 rings (SSSR count). The van der Waals surface area contributed by atoms with Crippen molar-refractivity contribution in [2.45, 2.75) is 0 Å². The van der Waals surface area contributed by atoms with E-state index < -0.39 is 5.97 Å².